The molecule has 61 heavy (non-hydrogen) atoms. The number of alkyl halides is 5. The summed E-state index contributed by atoms with van der Waals surface area (Å²) < 4.78 is 104. The van der Waals surface area contributed by atoms with Gasteiger partial charge >= 0.3 is 6.18 Å². The van der Waals surface area contributed by atoms with Crippen molar-refractivity contribution in [2.75, 3.05) is 36.0 Å². The monoisotopic (exact) mass is 861 g/mol. The Balaban J connectivity index is 1.05. The zero-order valence-corrected chi connectivity index (χ0v) is 32.8. The van der Waals surface area contributed by atoms with Crippen molar-refractivity contribution in [1.82, 2.24) is 35.4 Å². The van der Waals surface area contributed by atoms with Gasteiger partial charge in [-0.25, -0.2) is 13.8 Å². The fourth-order valence-electron chi connectivity index (χ4n) is 9.10. The molecule has 4 aliphatic rings. The van der Waals surface area contributed by atoms with E-state index in [2.05, 4.69) is 30.5 Å². The van der Waals surface area contributed by atoms with Gasteiger partial charge < -0.3 is 20.4 Å². The Morgan fingerprint density at radius 3 is 2.38 bits per heavy atom. The summed E-state index contributed by atoms with van der Waals surface area (Å²) in [6, 6.07) is 12.5. The van der Waals surface area contributed by atoms with Gasteiger partial charge in [0, 0.05) is 79.5 Å². The fraction of sp³-hybridized carbons (Fsp3) is 0.333. The van der Waals surface area contributed by atoms with Crippen LogP contribution in [0.2, 0.25) is 0 Å². The smallest absolute Gasteiger partial charge is 0.368 e. The Kier molecular flexibility index (Phi) is 9.30. The maximum Gasteiger partial charge on any atom is 0.435 e. The molecule has 6 heterocycles. The van der Waals surface area contributed by atoms with Crippen LogP contribution in [-0.4, -0.2) is 62.7 Å². The van der Waals surface area contributed by atoms with E-state index in [0.717, 1.165) is 23.4 Å². The summed E-state index contributed by atoms with van der Waals surface area (Å²) in [6.07, 6.45) is -1.68. The Morgan fingerprint density at radius 2 is 1.67 bits per heavy atom. The first-order chi connectivity index (χ1) is 29.2. The molecule has 11 nitrogen and oxygen atoms in total. The number of benzene rings is 2. The first kappa shape index (κ1) is 39.1. The van der Waals surface area contributed by atoms with E-state index in [1.54, 1.807) is 36.7 Å². The number of piperazine rings is 1. The Hall–Kier alpha value is -6.11. The number of nitrogens with zero attached hydrogens (tertiary/aromatic N) is 7. The van der Waals surface area contributed by atoms with Gasteiger partial charge in [-0.05, 0) is 78.3 Å². The maximum atomic E-state index is 15.7. The van der Waals surface area contributed by atoms with Crippen molar-refractivity contribution in [1.29, 1.82) is 0 Å². The van der Waals surface area contributed by atoms with Gasteiger partial charge in [-0.2, -0.15) is 32.0 Å². The number of halogens is 7. The molecule has 2 amide bonds. The third kappa shape index (κ3) is 6.91. The number of nitrogens with one attached hydrogen (secondary N) is 2. The molecule has 0 unspecified atom stereocenters. The number of amides is 2. The zero-order chi connectivity index (χ0) is 42.4. The number of pyridine rings is 2. The maximum absolute atomic E-state index is 15.7. The molecule has 10 rings (SSSR count). The molecule has 3 atom stereocenters. The lowest BCUT2D eigenvalue weighted by molar-refractivity contribution is -0.144. The average molecular weight is 862 g/mol. The number of aromatic nitrogens is 5. The van der Waals surface area contributed by atoms with Gasteiger partial charge in [0.1, 0.15) is 23.9 Å². The van der Waals surface area contributed by atoms with Gasteiger partial charge in [0.2, 0.25) is 5.91 Å². The molecule has 1 saturated heterocycles. The molecule has 19 heteroatoms. The molecular weight excluding hydrogens is 828 g/mol. The highest BCUT2D eigenvalue weighted by molar-refractivity contribution is 7.22. The minimum atomic E-state index is -5.04. The topological polar surface area (TPSA) is 121 Å². The van der Waals surface area contributed by atoms with Crippen LogP contribution in [0.3, 0.4) is 0 Å². The first-order valence-corrected chi connectivity index (χ1v) is 20.5. The predicted molar refractivity (Wildman–Crippen MR) is 210 cm³/mol. The van der Waals surface area contributed by atoms with E-state index in [-0.39, 0.29) is 42.1 Å². The molecular formula is C42H34F7N9O2S. The molecule has 314 valence electrons. The van der Waals surface area contributed by atoms with Crippen LogP contribution in [0.1, 0.15) is 68.9 Å². The summed E-state index contributed by atoms with van der Waals surface area (Å²) in [4.78, 5) is 45.2. The van der Waals surface area contributed by atoms with Crippen LogP contribution in [-0.2, 0) is 36.4 Å². The van der Waals surface area contributed by atoms with E-state index in [9.17, 15) is 31.5 Å². The van der Waals surface area contributed by atoms with Gasteiger partial charge in [-0.1, -0.05) is 23.5 Å². The predicted octanol–water partition coefficient (Wildman–Crippen LogP) is 7.52. The van der Waals surface area contributed by atoms with Gasteiger partial charge in [-0.15, -0.1) is 0 Å². The SMILES string of the molecule is O=C(Cn1nc(C(F)(F)F)c2c1C(F)(F)[C@@H]1CC[C@H]21)N[C@@H](Cc1cc(F)cc(F)c1)c1nc2nc(N3CCN(c4ccncc4)CC3)sc2cc1-c1ccc2c(c1)C(=O)NC2. The van der Waals surface area contributed by atoms with Crippen molar-refractivity contribution in [3.05, 3.63) is 118 Å². The third-order valence-corrected chi connectivity index (χ3v) is 13.1. The highest BCUT2D eigenvalue weighted by Crippen LogP contribution is 2.64. The lowest BCUT2D eigenvalue weighted by Gasteiger charge is -2.35. The number of hydrogen-bond acceptors (Lipinski definition) is 9. The van der Waals surface area contributed by atoms with Crippen LogP contribution < -0.4 is 20.4 Å². The Bertz CT molecular complexity index is 2710. The second kappa shape index (κ2) is 14.5. The van der Waals surface area contributed by atoms with Gasteiger partial charge in [-0.3, -0.25) is 19.3 Å². The average Bonchev–Trinajstić information content (AvgIpc) is 3.94. The van der Waals surface area contributed by atoms with Crippen LogP contribution >= 0.6 is 11.3 Å². The molecule has 0 spiro atoms. The summed E-state index contributed by atoms with van der Waals surface area (Å²) in [5.74, 6) is -9.10. The Morgan fingerprint density at radius 1 is 0.934 bits per heavy atom. The Labute approximate surface area is 346 Å². The van der Waals surface area contributed by atoms with Gasteiger partial charge in [0.05, 0.1) is 16.4 Å². The van der Waals surface area contributed by atoms with Crippen LogP contribution in [0.5, 0.6) is 0 Å². The second-order valence-electron chi connectivity index (χ2n) is 15.8. The second-order valence-corrected chi connectivity index (χ2v) is 16.8. The van der Waals surface area contributed by atoms with Crippen molar-refractivity contribution in [3.8, 4) is 11.1 Å². The van der Waals surface area contributed by atoms with E-state index in [1.807, 2.05) is 12.1 Å². The number of carbonyl (C=O) groups excluding carboxylic acids is 2. The fourth-order valence-corrected chi connectivity index (χ4v) is 10.1. The summed E-state index contributed by atoms with van der Waals surface area (Å²) in [7, 11) is 0. The van der Waals surface area contributed by atoms with E-state index in [0.29, 0.717) is 70.0 Å². The van der Waals surface area contributed by atoms with E-state index >= 15 is 8.78 Å². The van der Waals surface area contributed by atoms with Gasteiger partial charge in [0.15, 0.2) is 16.5 Å². The lowest BCUT2D eigenvalue weighted by Crippen LogP contribution is -2.46. The summed E-state index contributed by atoms with van der Waals surface area (Å²) in [6.45, 7) is 2.00. The van der Waals surface area contributed by atoms with Crippen LogP contribution in [0.25, 0.3) is 21.5 Å². The highest BCUT2D eigenvalue weighted by atomic mass is 32.1. The molecule has 2 aromatic carbocycles. The molecule has 2 fully saturated rings. The molecule has 0 bridgehead atoms. The standard InChI is InChI=1S/C42H34F7N9O2S/c43-24-13-21(14-25(44)17-24)15-31(52-33(59)20-58-37-34(36(55-58)42(47,48)49)27-3-4-30(27)41(37,45)46)35-28(22-1-2-23-19-51-39(60)29(23)16-22)18-32-38(53-35)54-40(61-32)57-11-9-56(10-12-57)26-5-7-50-8-6-26/h1-2,5-8,13-14,16-18,27,30-31H,3-4,9-12,15,19-20H2,(H,51,60)(H,52,59)/t27-,30+,31-/m0/s1. The van der Waals surface area contributed by atoms with Crippen molar-refractivity contribution in [3.63, 3.8) is 0 Å². The number of rotatable bonds is 9. The van der Waals surface area contributed by atoms with Gasteiger partial charge in [0.25, 0.3) is 11.8 Å². The van der Waals surface area contributed by atoms with E-state index in [1.165, 1.54) is 11.3 Å². The summed E-state index contributed by atoms with van der Waals surface area (Å²) >= 11 is 1.38. The number of fused-ring (bicyclic) bond motifs is 5. The number of hydrogen-bond donors (Lipinski definition) is 2. The lowest BCUT2D eigenvalue weighted by atomic mass is 9.73. The van der Waals surface area contributed by atoms with Crippen molar-refractivity contribution < 1.29 is 40.3 Å². The molecule has 2 aliphatic carbocycles. The third-order valence-electron chi connectivity index (χ3n) is 12.1. The molecule has 6 aromatic rings. The molecule has 0 radical (unpaired) electrons. The summed E-state index contributed by atoms with van der Waals surface area (Å²) in [5.41, 5.74) is 0.741. The van der Waals surface area contributed by atoms with Crippen molar-refractivity contribution >= 4 is 44.3 Å². The van der Waals surface area contributed by atoms with Crippen LogP contribution in [0, 0.1) is 17.6 Å². The van der Waals surface area contributed by atoms with Crippen LogP contribution in [0.15, 0.2) is 67.0 Å². The zero-order valence-electron chi connectivity index (χ0n) is 31.9. The molecule has 2 aliphatic heterocycles. The van der Waals surface area contributed by atoms with Crippen molar-refractivity contribution in [2.45, 2.75) is 56.4 Å². The largest absolute Gasteiger partial charge is 0.435 e. The van der Waals surface area contributed by atoms with Crippen LogP contribution in [0.4, 0.5) is 41.6 Å². The molecule has 4 aromatic heterocycles. The number of anilines is 2. The van der Waals surface area contributed by atoms with E-state index < -0.39 is 71.0 Å². The normalized spacial score (nSPS) is 19.6. The number of carbonyl (C=O) groups is 2. The van der Waals surface area contributed by atoms with Crippen molar-refractivity contribution in [2.24, 2.45) is 5.92 Å². The minimum Gasteiger partial charge on any atom is -0.368 e. The molecule has 1 saturated carbocycles. The minimum absolute atomic E-state index is 0.0313. The molecule has 2 N–H and O–H groups in total. The highest BCUT2D eigenvalue weighted by Gasteiger charge is 2.63. The quantitative estimate of drug-likeness (QED) is 0.143. The van der Waals surface area contributed by atoms with E-state index in [4.69, 9.17) is 9.97 Å². The summed E-state index contributed by atoms with van der Waals surface area (Å²) in [5, 5.41) is 9.74. The number of thiazole rings is 1. The first-order valence-electron chi connectivity index (χ1n) is 19.6.